The first-order valence-electron chi connectivity index (χ1n) is 8.28. The van der Waals surface area contributed by atoms with E-state index in [0.717, 1.165) is 5.56 Å². The van der Waals surface area contributed by atoms with Crippen molar-refractivity contribution >= 4 is 11.7 Å². The zero-order chi connectivity index (χ0) is 18.4. The number of carbonyl (C=O) groups excluding carboxylic acids is 1. The Labute approximate surface area is 151 Å². The molecule has 3 aromatic rings. The molecule has 0 bridgehead atoms. The Kier molecular flexibility index (Phi) is 5.59. The highest BCUT2D eigenvalue weighted by Crippen LogP contribution is 2.17. The van der Waals surface area contributed by atoms with Gasteiger partial charge in [0.05, 0.1) is 6.54 Å². The molecule has 0 fully saturated rings. The lowest BCUT2D eigenvalue weighted by molar-refractivity contribution is -0.120. The number of carbonyl (C=O) groups is 1. The monoisotopic (exact) mass is 350 g/mol. The first-order chi connectivity index (χ1) is 12.6. The number of halogens is 1. The number of hydrogen-bond acceptors (Lipinski definition) is 3. The molecule has 0 atom stereocenters. The maximum absolute atomic E-state index is 14.0. The number of aromatic nitrogens is 1. The molecule has 132 valence electrons. The van der Waals surface area contributed by atoms with Crippen LogP contribution in [-0.4, -0.2) is 17.5 Å². The molecule has 2 aromatic carbocycles. The van der Waals surface area contributed by atoms with Gasteiger partial charge in [0.15, 0.2) is 6.61 Å². The van der Waals surface area contributed by atoms with Gasteiger partial charge in [-0.3, -0.25) is 9.69 Å². The molecule has 1 amide bonds. The molecule has 1 aromatic heterocycles. The minimum Gasteiger partial charge on any atom is -0.484 e. The maximum atomic E-state index is 14.0. The molecule has 0 saturated carbocycles. The number of nitrogens with zero attached hydrogens (tertiary/aromatic N) is 2. The lowest BCUT2D eigenvalue weighted by atomic mass is 10.2. The topological polar surface area (TPSA) is 42.4 Å². The van der Waals surface area contributed by atoms with Gasteiger partial charge in [0.25, 0.3) is 5.91 Å². The van der Waals surface area contributed by atoms with E-state index in [4.69, 9.17) is 4.74 Å². The van der Waals surface area contributed by atoms with Crippen LogP contribution >= 0.6 is 0 Å². The van der Waals surface area contributed by atoms with Crippen LogP contribution < -0.4 is 9.64 Å². The molecule has 0 spiro atoms. The van der Waals surface area contributed by atoms with E-state index in [2.05, 4.69) is 4.98 Å². The molecular formula is C21H19FN2O2. The molecule has 0 saturated heterocycles. The zero-order valence-electron chi connectivity index (χ0n) is 14.4. The SMILES string of the molecule is Cc1ccc(OCC(=O)N(Cc2ccccc2F)c2ccccn2)cc1. The van der Waals surface area contributed by atoms with E-state index in [1.54, 1.807) is 42.6 Å². The standard InChI is InChI=1S/C21H19FN2O2/c1-16-9-11-18(12-10-16)26-15-21(25)24(20-8-4-5-13-23-20)14-17-6-2-3-7-19(17)22/h2-13H,14-15H2,1H3. The lowest BCUT2D eigenvalue weighted by Gasteiger charge is -2.22. The summed E-state index contributed by atoms with van der Waals surface area (Å²) in [4.78, 5) is 18.4. The molecule has 26 heavy (non-hydrogen) atoms. The Morgan fingerprint density at radius 1 is 1.04 bits per heavy atom. The Hall–Kier alpha value is -3.21. The van der Waals surface area contributed by atoms with E-state index >= 15 is 0 Å². The Morgan fingerprint density at radius 3 is 2.46 bits per heavy atom. The number of hydrogen-bond donors (Lipinski definition) is 0. The van der Waals surface area contributed by atoms with Crippen LogP contribution in [0.2, 0.25) is 0 Å². The lowest BCUT2D eigenvalue weighted by Crippen LogP contribution is -2.35. The largest absolute Gasteiger partial charge is 0.484 e. The van der Waals surface area contributed by atoms with Crippen molar-refractivity contribution in [2.24, 2.45) is 0 Å². The number of pyridine rings is 1. The third-order valence-electron chi connectivity index (χ3n) is 3.90. The van der Waals surface area contributed by atoms with Gasteiger partial charge >= 0.3 is 0 Å². The Morgan fingerprint density at radius 2 is 1.77 bits per heavy atom. The molecule has 0 N–H and O–H groups in total. The van der Waals surface area contributed by atoms with Gasteiger partial charge in [-0.2, -0.15) is 0 Å². The van der Waals surface area contributed by atoms with Crippen molar-refractivity contribution in [1.29, 1.82) is 0 Å². The van der Waals surface area contributed by atoms with Gasteiger partial charge in [-0.05, 0) is 37.3 Å². The number of benzene rings is 2. The maximum Gasteiger partial charge on any atom is 0.266 e. The second-order valence-corrected chi connectivity index (χ2v) is 5.86. The van der Waals surface area contributed by atoms with Gasteiger partial charge in [0, 0.05) is 11.8 Å². The van der Waals surface area contributed by atoms with Crippen molar-refractivity contribution in [2.75, 3.05) is 11.5 Å². The molecular weight excluding hydrogens is 331 g/mol. The highest BCUT2D eigenvalue weighted by atomic mass is 19.1. The quantitative estimate of drug-likeness (QED) is 0.671. The molecule has 4 nitrogen and oxygen atoms in total. The van der Waals surface area contributed by atoms with Crippen LogP contribution in [0.15, 0.2) is 72.9 Å². The van der Waals surface area contributed by atoms with Crippen LogP contribution in [0.25, 0.3) is 0 Å². The summed E-state index contributed by atoms with van der Waals surface area (Å²) < 4.78 is 19.6. The van der Waals surface area contributed by atoms with E-state index in [1.165, 1.54) is 11.0 Å². The van der Waals surface area contributed by atoms with E-state index in [-0.39, 0.29) is 24.9 Å². The zero-order valence-corrected chi connectivity index (χ0v) is 14.4. The summed E-state index contributed by atoms with van der Waals surface area (Å²) in [5.74, 6) is 0.400. The number of ether oxygens (including phenoxy) is 1. The van der Waals surface area contributed by atoms with Crippen molar-refractivity contribution in [3.8, 4) is 5.75 Å². The number of anilines is 1. The third kappa shape index (κ3) is 4.45. The average Bonchev–Trinajstić information content (AvgIpc) is 2.67. The second-order valence-electron chi connectivity index (χ2n) is 5.86. The highest BCUT2D eigenvalue weighted by Gasteiger charge is 2.19. The minimum atomic E-state index is -0.360. The Bertz CT molecular complexity index is 867. The fourth-order valence-corrected chi connectivity index (χ4v) is 2.46. The van der Waals surface area contributed by atoms with Crippen LogP contribution in [0, 0.1) is 12.7 Å². The molecule has 0 radical (unpaired) electrons. The van der Waals surface area contributed by atoms with Crippen molar-refractivity contribution in [3.05, 3.63) is 89.9 Å². The smallest absolute Gasteiger partial charge is 0.266 e. The molecule has 5 heteroatoms. The predicted octanol–water partition coefficient (Wildman–Crippen LogP) is 4.14. The normalized spacial score (nSPS) is 10.4. The summed E-state index contributed by atoms with van der Waals surface area (Å²) in [5.41, 5.74) is 1.53. The number of aryl methyl sites for hydroxylation is 1. The molecule has 0 aliphatic heterocycles. The summed E-state index contributed by atoms with van der Waals surface area (Å²) in [7, 11) is 0. The van der Waals surface area contributed by atoms with Crippen LogP contribution in [-0.2, 0) is 11.3 Å². The van der Waals surface area contributed by atoms with Crippen molar-refractivity contribution < 1.29 is 13.9 Å². The highest BCUT2D eigenvalue weighted by molar-refractivity contribution is 5.93. The second kappa shape index (κ2) is 8.25. The first kappa shape index (κ1) is 17.6. The van der Waals surface area contributed by atoms with Crippen molar-refractivity contribution in [3.63, 3.8) is 0 Å². The fourth-order valence-electron chi connectivity index (χ4n) is 2.46. The van der Waals surface area contributed by atoms with Crippen molar-refractivity contribution in [1.82, 2.24) is 4.98 Å². The van der Waals surface area contributed by atoms with Gasteiger partial charge in [-0.15, -0.1) is 0 Å². The predicted molar refractivity (Wildman–Crippen MR) is 98.5 cm³/mol. The fraction of sp³-hybridized carbons (Fsp3) is 0.143. The minimum absolute atomic E-state index is 0.0831. The molecule has 3 rings (SSSR count). The summed E-state index contributed by atoms with van der Waals surface area (Å²) in [6, 6.07) is 19.1. The summed E-state index contributed by atoms with van der Waals surface area (Å²) in [6.45, 7) is 1.90. The average molecular weight is 350 g/mol. The molecule has 0 aliphatic rings. The number of amides is 1. The third-order valence-corrected chi connectivity index (χ3v) is 3.90. The van der Waals surface area contributed by atoms with E-state index in [0.29, 0.717) is 17.1 Å². The van der Waals surface area contributed by atoms with Crippen LogP contribution in [0.1, 0.15) is 11.1 Å². The van der Waals surface area contributed by atoms with Gasteiger partial charge in [-0.25, -0.2) is 9.37 Å². The molecule has 1 heterocycles. The van der Waals surface area contributed by atoms with Gasteiger partial charge in [0.1, 0.15) is 17.4 Å². The summed E-state index contributed by atoms with van der Waals surface area (Å²) in [5, 5.41) is 0. The summed E-state index contributed by atoms with van der Waals surface area (Å²) >= 11 is 0. The Balaban J connectivity index is 1.77. The van der Waals surface area contributed by atoms with E-state index < -0.39 is 0 Å². The van der Waals surface area contributed by atoms with Gasteiger partial charge in [-0.1, -0.05) is 42.0 Å². The molecule has 0 aliphatic carbocycles. The van der Waals surface area contributed by atoms with E-state index in [1.807, 2.05) is 31.2 Å². The van der Waals surface area contributed by atoms with Crippen LogP contribution in [0.3, 0.4) is 0 Å². The van der Waals surface area contributed by atoms with Crippen LogP contribution in [0.5, 0.6) is 5.75 Å². The molecule has 0 unspecified atom stereocenters. The van der Waals surface area contributed by atoms with E-state index in [9.17, 15) is 9.18 Å². The van der Waals surface area contributed by atoms with Gasteiger partial charge in [0.2, 0.25) is 0 Å². The number of rotatable bonds is 6. The van der Waals surface area contributed by atoms with Crippen LogP contribution in [0.4, 0.5) is 10.2 Å². The van der Waals surface area contributed by atoms with Gasteiger partial charge < -0.3 is 4.74 Å². The first-order valence-corrected chi connectivity index (χ1v) is 8.28. The summed E-state index contributed by atoms with van der Waals surface area (Å²) in [6.07, 6.45) is 1.60. The van der Waals surface area contributed by atoms with Crippen molar-refractivity contribution in [2.45, 2.75) is 13.5 Å².